The number of rotatable bonds is 3. The van der Waals surface area contributed by atoms with Gasteiger partial charge < -0.3 is 5.73 Å². The molecule has 0 aromatic carbocycles. The minimum Gasteiger partial charge on any atom is -0.324 e. The van der Waals surface area contributed by atoms with Gasteiger partial charge in [-0.25, -0.2) is 0 Å². The maximum atomic E-state index is 10.7. The van der Waals surface area contributed by atoms with Gasteiger partial charge in [-0.05, 0) is 37.4 Å². The first-order valence-corrected chi connectivity index (χ1v) is 4.03. The summed E-state index contributed by atoms with van der Waals surface area (Å²) in [5.41, 5.74) is 7.14. The lowest BCUT2D eigenvalue weighted by Gasteiger charge is -2.10. The lowest BCUT2D eigenvalue weighted by Crippen LogP contribution is -2.19. The van der Waals surface area contributed by atoms with Crippen LogP contribution in [0, 0.1) is 0 Å². The molecule has 0 aromatic heterocycles. The van der Waals surface area contributed by atoms with Crippen molar-refractivity contribution >= 4 is 16.8 Å². The van der Waals surface area contributed by atoms with E-state index in [1.165, 1.54) is 0 Å². The molecule has 2 nitrogen and oxygen atoms in total. The predicted octanol–water partition coefficient (Wildman–Crippen LogP) is 1.83. The maximum absolute atomic E-state index is 10.7. The third kappa shape index (κ3) is 3.04. The number of hydrogen-bond acceptors (Lipinski definition) is 2. The van der Waals surface area contributed by atoms with Gasteiger partial charge in [0, 0.05) is 11.6 Å². The van der Waals surface area contributed by atoms with Crippen LogP contribution in [0.25, 0.3) is 0 Å². The highest BCUT2D eigenvalue weighted by molar-refractivity contribution is 6.67. The van der Waals surface area contributed by atoms with Crippen LogP contribution in [0.3, 0.4) is 0 Å². The summed E-state index contributed by atoms with van der Waals surface area (Å²) >= 11 is 5.29. The number of nitrogens with two attached hydrogens (primary N) is 1. The molecule has 0 amide bonds. The van der Waals surface area contributed by atoms with Crippen LogP contribution in [0.1, 0.15) is 27.2 Å². The minimum atomic E-state index is -0.404. The van der Waals surface area contributed by atoms with E-state index in [1.54, 1.807) is 6.92 Å². The normalized spacial score (nSPS) is 15.7. The molecule has 2 N–H and O–H groups in total. The first-order valence-electron chi connectivity index (χ1n) is 3.65. The second-order valence-electron chi connectivity index (χ2n) is 2.57. The van der Waals surface area contributed by atoms with Crippen molar-refractivity contribution in [1.82, 2.24) is 0 Å². The summed E-state index contributed by atoms with van der Waals surface area (Å²) in [4.78, 5) is 10.7. The lowest BCUT2D eigenvalue weighted by molar-refractivity contribution is -0.108. The number of carbonyl (C=O) groups is 1. The highest BCUT2D eigenvalue weighted by atomic mass is 35.5. The topological polar surface area (TPSA) is 43.1 Å². The molecule has 0 aromatic rings. The molecule has 0 bridgehead atoms. The molecule has 3 heteroatoms. The van der Waals surface area contributed by atoms with Crippen LogP contribution in [0.15, 0.2) is 11.1 Å². The SMILES string of the molecule is CC/C(=C(\C)C(=O)Cl)C(C)N. The second-order valence-corrected chi connectivity index (χ2v) is 2.91. The fourth-order valence-electron chi connectivity index (χ4n) is 1.05. The summed E-state index contributed by atoms with van der Waals surface area (Å²) in [5.74, 6) is 0. The van der Waals surface area contributed by atoms with Crippen LogP contribution < -0.4 is 5.73 Å². The molecule has 0 aliphatic carbocycles. The van der Waals surface area contributed by atoms with Gasteiger partial charge in [-0.2, -0.15) is 0 Å². The molecule has 0 radical (unpaired) electrons. The molecule has 1 unspecified atom stereocenters. The van der Waals surface area contributed by atoms with Crippen LogP contribution in [0.5, 0.6) is 0 Å². The number of carbonyl (C=O) groups excluding carboxylic acids is 1. The van der Waals surface area contributed by atoms with Crippen LogP contribution in [-0.4, -0.2) is 11.3 Å². The molecule has 0 heterocycles. The fourth-order valence-corrected chi connectivity index (χ4v) is 1.18. The average Bonchev–Trinajstić information content (AvgIpc) is 1.88. The molecular formula is C8H14ClNO. The van der Waals surface area contributed by atoms with Crippen molar-refractivity contribution in [3.63, 3.8) is 0 Å². The van der Waals surface area contributed by atoms with Crippen molar-refractivity contribution in [2.75, 3.05) is 0 Å². The van der Waals surface area contributed by atoms with Gasteiger partial charge >= 0.3 is 0 Å². The summed E-state index contributed by atoms with van der Waals surface area (Å²) < 4.78 is 0. The van der Waals surface area contributed by atoms with Crippen molar-refractivity contribution in [3.05, 3.63) is 11.1 Å². The summed E-state index contributed by atoms with van der Waals surface area (Å²) in [6.45, 7) is 5.52. The first-order chi connectivity index (χ1) is 5.00. The highest BCUT2D eigenvalue weighted by Gasteiger charge is 2.09. The van der Waals surface area contributed by atoms with Crippen LogP contribution >= 0.6 is 11.6 Å². The molecule has 0 rings (SSSR count). The van der Waals surface area contributed by atoms with Crippen molar-refractivity contribution in [2.45, 2.75) is 33.2 Å². The van der Waals surface area contributed by atoms with Crippen molar-refractivity contribution in [1.29, 1.82) is 0 Å². The van der Waals surface area contributed by atoms with E-state index in [-0.39, 0.29) is 6.04 Å². The molecule has 0 spiro atoms. The Hall–Kier alpha value is -0.340. The Morgan fingerprint density at radius 3 is 2.18 bits per heavy atom. The number of hydrogen-bond donors (Lipinski definition) is 1. The molecule has 11 heavy (non-hydrogen) atoms. The van der Waals surface area contributed by atoms with Gasteiger partial charge in [0.1, 0.15) is 0 Å². The summed E-state index contributed by atoms with van der Waals surface area (Å²) in [5, 5.41) is -0.404. The van der Waals surface area contributed by atoms with Gasteiger partial charge in [-0.1, -0.05) is 6.92 Å². The van der Waals surface area contributed by atoms with Crippen molar-refractivity contribution in [2.24, 2.45) is 5.73 Å². The molecule has 0 aliphatic heterocycles. The zero-order chi connectivity index (χ0) is 9.02. The Morgan fingerprint density at radius 2 is 2.09 bits per heavy atom. The van der Waals surface area contributed by atoms with E-state index in [0.717, 1.165) is 12.0 Å². The molecule has 0 aliphatic rings. The zero-order valence-electron chi connectivity index (χ0n) is 7.15. The Bertz CT molecular complexity index is 185. The van der Waals surface area contributed by atoms with Gasteiger partial charge in [0.2, 0.25) is 5.24 Å². The predicted molar refractivity (Wildman–Crippen MR) is 47.5 cm³/mol. The molecular weight excluding hydrogens is 162 g/mol. The zero-order valence-corrected chi connectivity index (χ0v) is 7.90. The lowest BCUT2D eigenvalue weighted by atomic mass is 10.0. The third-order valence-electron chi connectivity index (χ3n) is 1.71. The van der Waals surface area contributed by atoms with E-state index in [9.17, 15) is 4.79 Å². The molecule has 0 fully saturated rings. The maximum Gasteiger partial charge on any atom is 0.248 e. The Labute approximate surface area is 72.4 Å². The number of allylic oxidation sites excluding steroid dienone is 1. The van der Waals surface area contributed by atoms with Crippen molar-refractivity contribution in [3.8, 4) is 0 Å². The second kappa shape index (κ2) is 4.52. The third-order valence-corrected chi connectivity index (χ3v) is 1.99. The quantitative estimate of drug-likeness (QED) is 0.525. The summed E-state index contributed by atoms with van der Waals surface area (Å²) in [6, 6.07) is -0.0808. The largest absolute Gasteiger partial charge is 0.324 e. The monoisotopic (exact) mass is 175 g/mol. The molecule has 0 saturated heterocycles. The molecule has 64 valence electrons. The van der Waals surface area contributed by atoms with E-state index < -0.39 is 5.24 Å². The Balaban J connectivity index is 4.68. The van der Waals surface area contributed by atoms with E-state index in [2.05, 4.69) is 0 Å². The smallest absolute Gasteiger partial charge is 0.248 e. The standard InChI is InChI=1S/C8H14ClNO/c1-4-7(6(3)10)5(2)8(9)11/h6H,4,10H2,1-3H3/b7-5-. The molecule has 1 atom stereocenters. The van der Waals surface area contributed by atoms with Crippen LogP contribution in [0.4, 0.5) is 0 Å². The van der Waals surface area contributed by atoms with Crippen LogP contribution in [0.2, 0.25) is 0 Å². The van der Waals surface area contributed by atoms with E-state index in [0.29, 0.717) is 5.57 Å². The Morgan fingerprint density at radius 1 is 1.64 bits per heavy atom. The van der Waals surface area contributed by atoms with Crippen molar-refractivity contribution < 1.29 is 4.79 Å². The highest BCUT2D eigenvalue weighted by Crippen LogP contribution is 2.13. The average molecular weight is 176 g/mol. The van der Waals surface area contributed by atoms with Crippen LogP contribution in [-0.2, 0) is 4.79 Å². The fraction of sp³-hybridized carbons (Fsp3) is 0.625. The van der Waals surface area contributed by atoms with Gasteiger partial charge in [0.25, 0.3) is 0 Å². The van der Waals surface area contributed by atoms with Gasteiger partial charge in [-0.15, -0.1) is 0 Å². The van der Waals surface area contributed by atoms with E-state index >= 15 is 0 Å². The number of halogens is 1. The first kappa shape index (κ1) is 10.7. The van der Waals surface area contributed by atoms with E-state index in [1.807, 2.05) is 13.8 Å². The Kier molecular flexibility index (Phi) is 4.38. The van der Waals surface area contributed by atoms with Gasteiger partial charge in [0.05, 0.1) is 0 Å². The van der Waals surface area contributed by atoms with Gasteiger partial charge in [0.15, 0.2) is 0 Å². The van der Waals surface area contributed by atoms with Gasteiger partial charge in [-0.3, -0.25) is 4.79 Å². The minimum absolute atomic E-state index is 0.0808. The van der Waals surface area contributed by atoms with E-state index in [4.69, 9.17) is 17.3 Å². The summed E-state index contributed by atoms with van der Waals surface area (Å²) in [7, 11) is 0. The molecule has 0 saturated carbocycles. The summed E-state index contributed by atoms with van der Waals surface area (Å²) in [6.07, 6.45) is 0.780.